The van der Waals surface area contributed by atoms with Gasteiger partial charge in [-0.1, -0.05) is 36.4 Å². The third kappa shape index (κ3) is 5.31. The van der Waals surface area contributed by atoms with Crippen LogP contribution in [0.3, 0.4) is 0 Å². The number of fused-ring (bicyclic) bond motifs is 3. The first-order chi connectivity index (χ1) is 16.3. The maximum absolute atomic E-state index is 10.4. The molecule has 6 rings (SSSR count). The average molecular weight is 462 g/mol. The number of hydrogen-bond acceptors (Lipinski definition) is 9. The summed E-state index contributed by atoms with van der Waals surface area (Å²) in [6.45, 7) is 1.34. The molecular weight excluding hydrogens is 441 g/mol. The Labute approximate surface area is 196 Å². The lowest BCUT2D eigenvalue weighted by Gasteiger charge is -1.98. The first-order valence-electron chi connectivity index (χ1n) is 10.5. The van der Waals surface area contributed by atoms with Crippen molar-refractivity contribution in [2.24, 2.45) is 0 Å². The molecular formula is C21H21B3N2O8. The van der Waals surface area contributed by atoms with Crippen molar-refractivity contribution < 1.29 is 34.0 Å². The number of rotatable bonds is 1. The Morgan fingerprint density at radius 1 is 0.735 bits per heavy atom. The van der Waals surface area contributed by atoms with E-state index in [9.17, 15) is 20.2 Å². The molecule has 0 bridgehead atoms. The summed E-state index contributed by atoms with van der Waals surface area (Å²) in [5.41, 5.74) is 11.3. The summed E-state index contributed by atoms with van der Waals surface area (Å²) >= 11 is 0. The molecule has 34 heavy (non-hydrogen) atoms. The highest BCUT2D eigenvalue weighted by molar-refractivity contribution is 6.62. The van der Waals surface area contributed by atoms with E-state index in [1.165, 1.54) is 12.1 Å². The number of non-ortho nitro benzene ring substituents is 1. The second-order valence-electron chi connectivity index (χ2n) is 7.79. The van der Waals surface area contributed by atoms with Gasteiger partial charge >= 0.3 is 21.4 Å². The smallest absolute Gasteiger partial charge is 0.423 e. The molecule has 13 heteroatoms. The highest BCUT2D eigenvalue weighted by Crippen LogP contribution is 2.16. The summed E-state index contributed by atoms with van der Waals surface area (Å²) in [6, 6.07) is 17.5. The van der Waals surface area contributed by atoms with Crippen molar-refractivity contribution in [3.63, 3.8) is 0 Å². The van der Waals surface area contributed by atoms with Crippen molar-refractivity contribution in [1.82, 2.24) is 0 Å². The quantitative estimate of drug-likeness (QED) is 0.157. The van der Waals surface area contributed by atoms with E-state index in [-0.39, 0.29) is 5.69 Å². The van der Waals surface area contributed by atoms with Gasteiger partial charge in [0.15, 0.2) is 0 Å². The number of hydrogen-bond donors (Lipinski definition) is 4. The Kier molecular flexibility index (Phi) is 7.32. The Morgan fingerprint density at radius 2 is 1.24 bits per heavy atom. The lowest BCUT2D eigenvalue weighted by molar-refractivity contribution is -0.384. The summed E-state index contributed by atoms with van der Waals surface area (Å²) in [5.74, 6) is 0. The van der Waals surface area contributed by atoms with E-state index in [0.29, 0.717) is 31.0 Å². The van der Waals surface area contributed by atoms with E-state index in [1.54, 1.807) is 18.2 Å². The van der Waals surface area contributed by atoms with Gasteiger partial charge in [0.05, 0.1) is 24.7 Å². The van der Waals surface area contributed by atoms with Crippen molar-refractivity contribution in [3.05, 3.63) is 87.5 Å². The number of benzene rings is 3. The summed E-state index contributed by atoms with van der Waals surface area (Å²) in [6.07, 6.45) is 0. The first kappa shape index (κ1) is 24.0. The van der Waals surface area contributed by atoms with Crippen molar-refractivity contribution in [2.75, 3.05) is 5.73 Å². The minimum atomic E-state index is -1.02. The molecule has 0 unspecified atom stereocenters. The summed E-state index contributed by atoms with van der Waals surface area (Å²) in [7, 11) is -2.50. The number of nitro groups is 1. The third-order valence-electron chi connectivity index (χ3n) is 5.55. The zero-order chi connectivity index (χ0) is 24.2. The van der Waals surface area contributed by atoms with Gasteiger partial charge in [0, 0.05) is 17.8 Å². The molecule has 0 radical (unpaired) electrons. The fourth-order valence-corrected chi connectivity index (χ4v) is 3.71. The summed E-state index contributed by atoms with van der Waals surface area (Å²) < 4.78 is 14.8. The standard InChI is InChI=1S/C7H6BNO4.C7H8BNO2.C7H7BO2/c10-8-7-3-6(9(11)12)2-1-5(7)4-13-8;9-6-2-1-5-4-11-8(10)7(5)3-6;9-8-7-4-2-1-3-6(7)5-10-8/h1-3,10H,4H2;1-3,10H,4,9H2;1-4,9H,5H2. The summed E-state index contributed by atoms with van der Waals surface area (Å²) in [5, 5.41) is 38.0. The van der Waals surface area contributed by atoms with Gasteiger partial charge in [0.25, 0.3) is 5.69 Å². The number of nitro benzene ring substituents is 1. The molecule has 10 nitrogen and oxygen atoms in total. The van der Waals surface area contributed by atoms with Crippen molar-refractivity contribution in [3.8, 4) is 0 Å². The van der Waals surface area contributed by atoms with Crippen LogP contribution < -0.4 is 22.1 Å². The van der Waals surface area contributed by atoms with Crippen molar-refractivity contribution in [2.45, 2.75) is 19.8 Å². The van der Waals surface area contributed by atoms with E-state index in [0.717, 1.165) is 27.6 Å². The molecule has 3 aromatic rings. The van der Waals surface area contributed by atoms with Crippen LogP contribution in [-0.4, -0.2) is 41.4 Å². The van der Waals surface area contributed by atoms with Gasteiger partial charge in [0.1, 0.15) is 0 Å². The minimum absolute atomic E-state index is 0.0247. The lowest BCUT2D eigenvalue weighted by Crippen LogP contribution is -2.28. The molecule has 0 aromatic heterocycles. The minimum Gasteiger partial charge on any atom is -0.423 e. The van der Waals surface area contributed by atoms with Crippen molar-refractivity contribution in [1.29, 1.82) is 0 Å². The van der Waals surface area contributed by atoms with Crippen LogP contribution in [0.4, 0.5) is 11.4 Å². The molecule has 0 fully saturated rings. The molecule has 172 valence electrons. The van der Waals surface area contributed by atoms with E-state index in [1.807, 2.05) is 30.3 Å². The largest absolute Gasteiger partial charge is 0.492 e. The fraction of sp³-hybridized carbons (Fsp3) is 0.143. The predicted molar refractivity (Wildman–Crippen MR) is 128 cm³/mol. The Balaban J connectivity index is 0.000000122. The fourth-order valence-electron chi connectivity index (χ4n) is 3.71. The van der Waals surface area contributed by atoms with Crippen LogP contribution in [0.2, 0.25) is 0 Å². The average Bonchev–Trinajstić information content (AvgIpc) is 3.52. The van der Waals surface area contributed by atoms with Gasteiger partial charge < -0.3 is 34.8 Å². The molecule has 3 aliphatic rings. The predicted octanol–water partition coefficient (Wildman–Crippen LogP) is -0.797. The zero-order valence-corrected chi connectivity index (χ0v) is 18.0. The van der Waals surface area contributed by atoms with Crippen LogP contribution >= 0.6 is 0 Å². The zero-order valence-electron chi connectivity index (χ0n) is 18.0. The van der Waals surface area contributed by atoms with E-state index in [2.05, 4.69) is 0 Å². The van der Waals surface area contributed by atoms with Crippen LogP contribution in [-0.2, 0) is 33.8 Å². The molecule has 0 spiro atoms. The number of nitrogens with two attached hydrogens (primary N) is 1. The molecule has 0 aliphatic carbocycles. The van der Waals surface area contributed by atoms with Crippen LogP contribution in [0.25, 0.3) is 0 Å². The maximum Gasteiger partial charge on any atom is 0.492 e. The first-order valence-corrected chi connectivity index (χ1v) is 10.5. The van der Waals surface area contributed by atoms with Crippen LogP contribution in [0.5, 0.6) is 0 Å². The second-order valence-corrected chi connectivity index (χ2v) is 7.79. The number of nitrogen functional groups attached to an aromatic ring is 1. The van der Waals surface area contributed by atoms with Gasteiger partial charge in [0.2, 0.25) is 0 Å². The van der Waals surface area contributed by atoms with Crippen LogP contribution in [0.15, 0.2) is 60.7 Å². The highest BCUT2D eigenvalue weighted by Gasteiger charge is 2.29. The molecule has 0 atom stereocenters. The van der Waals surface area contributed by atoms with Gasteiger partial charge in [-0.15, -0.1) is 0 Å². The van der Waals surface area contributed by atoms with Gasteiger partial charge in [-0.05, 0) is 45.2 Å². The van der Waals surface area contributed by atoms with Gasteiger partial charge in [-0.3, -0.25) is 10.1 Å². The Bertz CT molecular complexity index is 1200. The molecule has 0 saturated heterocycles. The molecule has 3 aromatic carbocycles. The Morgan fingerprint density at radius 3 is 1.82 bits per heavy atom. The normalized spacial score (nSPS) is 15.0. The molecule has 3 heterocycles. The second kappa shape index (κ2) is 10.4. The van der Waals surface area contributed by atoms with Crippen LogP contribution in [0, 0.1) is 10.1 Å². The van der Waals surface area contributed by atoms with E-state index >= 15 is 0 Å². The van der Waals surface area contributed by atoms with E-state index in [4.69, 9.17) is 24.7 Å². The number of nitrogens with zero attached hydrogens (tertiary/aromatic N) is 1. The SMILES string of the molecule is Nc1ccc2c(c1)B(O)OC2.O=[N+]([O-])c1ccc2c(c1)B(O)OC2.OB1OCc2ccccc21. The maximum atomic E-state index is 10.4. The third-order valence-corrected chi connectivity index (χ3v) is 5.55. The number of anilines is 1. The highest BCUT2D eigenvalue weighted by atomic mass is 16.6. The topological polar surface area (TPSA) is 158 Å². The van der Waals surface area contributed by atoms with Crippen molar-refractivity contribution >= 4 is 49.1 Å². The lowest BCUT2D eigenvalue weighted by atomic mass is 9.79. The monoisotopic (exact) mass is 462 g/mol. The van der Waals surface area contributed by atoms with Gasteiger partial charge in [-0.2, -0.15) is 0 Å². The Hall–Kier alpha value is -3.19. The van der Waals surface area contributed by atoms with E-state index < -0.39 is 26.3 Å². The molecule has 5 N–H and O–H groups in total. The molecule has 0 amide bonds. The van der Waals surface area contributed by atoms with Gasteiger partial charge in [-0.25, -0.2) is 0 Å². The van der Waals surface area contributed by atoms with Crippen LogP contribution in [0.1, 0.15) is 16.7 Å². The molecule has 3 aliphatic heterocycles. The summed E-state index contributed by atoms with van der Waals surface area (Å²) in [4.78, 5) is 9.90. The molecule has 0 saturated carbocycles.